The van der Waals surface area contributed by atoms with Crippen molar-refractivity contribution in [3.63, 3.8) is 0 Å². The minimum atomic E-state index is -0.167. The number of carbonyl (C=O) groups is 1. The number of anilines is 1. The number of nitrogens with one attached hydrogen (secondary N) is 1. The Labute approximate surface area is 150 Å². The number of hydrogen-bond acceptors (Lipinski definition) is 4. The Bertz CT molecular complexity index is 1050. The number of benzene rings is 3. The number of carbonyl (C=O) groups excluding carboxylic acids is 1. The zero-order valence-electron chi connectivity index (χ0n) is 14.1. The van der Waals surface area contributed by atoms with Gasteiger partial charge < -0.3 is 14.5 Å². The lowest BCUT2D eigenvalue weighted by molar-refractivity contribution is 0.102. The van der Waals surface area contributed by atoms with Crippen LogP contribution in [0.4, 0.5) is 5.69 Å². The molecule has 0 fully saturated rings. The van der Waals surface area contributed by atoms with E-state index < -0.39 is 0 Å². The van der Waals surface area contributed by atoms with Crippen LogP contribution in [-0.4, -0.2) is 18.0 Å². The summed E-state index contributed by atoms with van der Waals surface area (Å²) in [5, 5.41) is 2.87. The Morgan fingerprint density at radius 2 is 1.77 bits per heavy atom. The van der Waals surface area contributed by atoms with Crippen LogP contribution in [-0.2, 0) is 0 Å². The zero-order chi connectivity index (χ0) is 17.9. The Balaban J connectivity index is 1.60. The van der Waals surface area contributed by atoms with Gasteiger partial charge in [0, 0.05) is 22.9 Å². The third-order valence-corrected chi connectivity index (χ3v) is 4.02. The molecular weight excluding hydrogens is 328 g/mol. The average molecular weight is 344 g/mol. The first-order chi connectivity index (χ1) is 12.7. The number of fused-ring (bicyclic) bond motifs is 1. The number of nitrogens with zero attached hydrogens (tertiary/aromatic N) is 1. The second-order valence-corrected chi connectivity index (χ2v) is 5.75. The van der Waals surface area contributed by atoms with E-state index in [2.05, 4.69) is 10.3 Å². The molecule has 0 aliphatic carbocycles. The van der Waals surface area contributed by atoms with E-state index in [1.807, 2.05) is 54.6 Å². The van der Waals surface area contributed by atoms with Gasteiger partial charge >= 0.3 is 0 Å². The highest BCUT2D eigenvalue weighted by atomic mass is 16.5. The van der Waals surface area contributed by atoms with Gasteiger partial charge in [0.25, 0.3) is 5.91 Å². The summed E-state index contributed by atoms with van der Waals surface area (Å²) >= 11 is 0. The van der Waals surface area contributed by atoms with E-state index in [0.29, 0.717) is 22.7 Å². The van der Waals surface area contributed by atoms with Crippen molar-refractivity contribution >= 4 is 22.7 Å². The first-order valence-corrected chi connectivity index (χ1v) is 8.14. The average Bonchev–Trinajstić information content (AvgIpc) is 3.12. The summed E-state index contributed by atoms with van der Waals surface area (Å²) in [7, 11) is 1.62. The van der Waals surface area contributed by atoms with Crippen LogP contribution >= 0.6 is 0 Å². The predicted molar refractivity (Wildman–Crippen MR) is 100 cm³/mol. The van der Waals surface area contributed by atoms with E-state index in [-0.39, 0.29) is 5.91 Å². The van der Waals surface area contributed by atoms with Gasteiger partial charge in [-0.2, -0.15) is 0 Å². The predicted octanol–water partition coefficient (Wildman–Crippen LogP) is 4.76. The highest BCUT2D eigenvalue weighted by Gasteiger charge is 2.11. The lowest BCUT2D eigenvalue weighted by atomic mass is 10.2. The van der Waals surface area contributed by atoms with Crippen LogP contribution in [0, 0.1) is 0 Å². The Kier molecular flexibility index (Phi) is 4.11. The number of aromatic nitrogens is 1. The van der Waals surface area contributed by atoms with Gasteiger partial charge in [0.15, 0.2) is 5.58 Å². The van der Waals surface area contributed by atoms with Crippen molar-refractivity contribution in [1.82, 2.24) is 4.98 Å². The van der Waals surface area contributed by atoms with Crippen molar-refractivity contribution in [2.75, 3.05) is 12.4 Å². The fraction of sp³-hybridized carbons (Fsp3) is 0.0476. The van der Waals surface area contributed by atoms with Gasteiger partial charge in [-0.25, -0.2) is 4.98 Å². The summed E-state index contributed by atoms with van der Waals surface area (Å²) in [6.45, 7) is 0. The molecule has 0 saturated carbocycles. The van der Waals surface area contributed by atoms with E-state index in [9.17, 15) is 4.79 Å². The molecule has 1 N–H and O–H groups in total. The first-order valence-electron chi connectivity index (χ1n) is 8.14. The molecule has 0 spiro atoms. The summed E-state index contributed by atoms with van der Waals surface area (Å²) in [5.74, 6) is 1.13. The summed E-state index contributed by atoms with van der Waals surface area (Å²) in [6.07, 6.45) is 0. The molecule has 4 rings (SSSR count). The van der Waals surface area contributed by atoms with Crippen LogP contribution < -0.4 is 10.1 Å². The highest BCUT2D eigenvalue weighted by Crippen LogP contribution is 2.27. The largest absolute Gasteiger partial charge is 0.497 e. The highest BCUT2D eigenvalue weighted by molar-refractivity contribution is 6.04. The number of rotatable bonds is 4. The third-order valence-electron chi connectivity index (χ3n) is 4.02. The first kappa shape index (κ1) is 15.9. The van der Waals surface area contributed by atoms with E-state index in [4.69, 9.17) is 9.15 Å². The fourth-order valence-electron chi connectivity index (χ4n) is 2.65. The SMILES string of the molecule is COc1ccc(-c2nc3ccc(NC(=O)c4ccccc4)cc3o2)cc1. The molecule has 0 saturated heterocycles. The molecule has 0 aliphatic rings. The molecule has 0 aliphatic heterocycles. The molecule has 4 aromatic rings. The fourth-order valence-corrected chi connectivity index (χ4v) is 2.65. The van der Waals surface area contributed by atoms with Gasteiger partial charge in [-0.05, 0) is 48.5 Å². The lowest BCUT2D eigenvalue weighted by Crippen LogP contribution is -2.11. The van der Waals surface area contributed by atoms with Crippen molar-refractivity contribution in [3.05, 3.63) is 78.4 Å². The lowest BCUT2D eigenvalue weighted by Gasteiger charge is -2.04. The van der Waals surface area contributed by atoms with Crippen LogP contribution in [0.15, 0.2) is 77.2 Å². The monoisotopic (exact) mass is 344 g/mol. The molecule has 0 bridgehead atoms. The zero-order valence-corrected chi connectivity index (χ0v) is 14.1. The molecule has 0 unspecified atom stereocenters. The molecule has 3 aromatic carbocycles. The quantitative estimate of drug-likeness (QED) is 0.580. The van der Waals surface area contributed by atoms with Crippen molar-refractivity contribution < 1.29 is 13.9 Å². The van der Waals surface area contributed by atoms with Crippen molar-refractivity contribution in [1.29, 1.82) is 0 Å². The smallest absolute Gasteiger partial charge is 0.255 e. The van der Waals surface area contributed by atoms with E-state index in [1.165, 1.54) is 0 Å². The second-order valence-electron chi connectivity index (χ2n) is 5.75. The number of amides is 1. The van der Waals surface area contributed by atoms with Gasteiger partial charge in [-0.1, -0.05) is 18.2 Å². The molecular formula is C21H16N2O3. The van der Waals surface area contributed by atoms with Gasteiger partial charge in [-0.3, -0.25) is 4.79 Å². The molecule has 1 aromatic heterocycles. The van der Waals surface area contributed by atoms with Crippen LogP contribution in [0.3, 0.4) is 0 Å². The summed E-state index contributed by atoms with van der Waals surface area (Å²) in [4.78, 5) is 16.8. The molecule has 1 amide bonds. The standard InChI is InChI=1S/C21H16N2O3/c1-25-17-10-7-15(8-11-17)21-23-18-12-9-16(13-19(18)26-21)22-20(24)14-5-3-2-4-6-14/h2-13H,1H3,(H,22,24). The van der Waals surface area contributed by atoms with E-state index in [0.717, 1.165) is 16.8 Å². The molecule has 5 heteroatoms. The molecule has 0 radical (unpaired) electrons. The summed E-state index contributed by atoms with van der Waals surface area (Å²) in [5.41, 5.74) is 3.46. The van der Waals surface area contributed by atoms with Crippen molar-refractivity contribution in [2.24, 2.45) is 0 Å². The molecule has 26 heavy (non-hydrogen) atoms. The van der Waals surface area contributed by atoms with Crippen LogP contribution in [0.2, 0.25) is 0 Å². The Morgan fingerprint density at radius 3 is 2.50 bits per heavy atom. The summed E-state index contributed by atoms with van der Waals surface area (Å²) in [6, 6.07) is 22.0. The minimum absolute atomic E-state index is 0.167. The maximum atomic E-state index is 12.3. The summed E-state index contributed by atoms with van der Waals surface area (Å²) < 4.78 is 11.0. The maximum absolute atomic E-state index is 12.3. The normalized spacial score (nSPS) is 10.7. The molecule has 0 atom stereocenters. The number of methoxy groups -OCH3 is 1. The van der Waals surface area contributed by atoms with Gasteiger partial charge in [-0.15, -0.1) is 0 Å². The van der Waals surface area contributed by atoms with Gasteiger partial charge in [0.2, 0.25) is 5.89 Å². The Morgan fingerprint density at radius 1 is 1.00 bits per heavy atom. The Hall–Kier alpha value is -3.60. The maximum Gasteiger partial charge on any atom is 0.255 e. The van der Waals surface area contributed by atoms with Crippen LogP contribution in [0.25, 0.3) is 22.6 Å². The van der Waals surface area contributed by atoms with Crippen LogP contribution in [0.1, 0.15) is 10.4 Å². The topological polar surface area (TPSA) is 64.4 Å². The van der Waals surface area contributed by atoms with Gasteiger partial charge in [0.1, 0.15) is 11.3 Å². The molecule has 5 nitrogen and oxygen atoms in total. The second kappa shape index (κ2) is 6.72. The number of hydrogen-bond donors (Lipinski definition) is 1. The van der Waals surface area contributed by atoms with E-state index >= 15 is 0 Å². The molecule has 128 valence electrons. The van der Waals surface area contributed by atoms with Gasteiger partial charge in [0.05, 0.1) is 7.11 Å². The molecule has 1 heterocycles. The van der Waals surface area contributed by atoms with Crippen LogP contribution in [0.5, 0.6) is 5.75 Å². The number of oxazole rings is 1. The third kappa shape index (κ3) is 3.15. The minimum Gasteiger partial charge on any atom is -0.497 e. The van der Waals surface area contributed by atoms with E-state index in [1.54, 1.807) is 25.3 Å². The number of ether oxygens (including phenoxy) is 1. The van der Waals surface area contributed by atoms with Crippen molar-refractivity contribution in [3.8, 4) is 17.2 Å². The van der Waals surface area contributed by atoms with Crippen molar-refractivity contribution in [2.45, 2.75) is 0 Å².